The topological polar surface area (TPSA) is 74.2 Å². The lowest BCUT2D eigenvalue weighted by Gasteiger charge is -2.12. The predicted octanol–water partition coefficient (Wildman–Crippen LogP) is 3.35. The first-order chi connectivity index (χ1) is 13.3. The van der Waals surface area contributed by atoms with E-state index in [9.17, 15) is 4.79 Å². The van der Waals surface area contributed by atoms with Crippen molar-refractivity contribution in [3.05, 3.63) is 58.8 Å². The summed E-state index contributed by atoms with van der Waals surface area (Å²) >= 11 is 1.61. The quantitative estimate of drug-likeness (QED) is 0.261. The molecule has 0 aliphatic rings. The van der Waals surface area contributed by atoms with Crippen LogP contribution in [0.2, 0.25) is 0 Å². The number of fused-ring (bicyclic) bond motifs is 4. The standard InChI is InChI=1S/C21H21N3O2S/c25-13-12-22-10-5-11-23-21-20-18(14-6-1-3-8-16(14)24-21)19(26)15-7-2-4-9-17(15)27-20/h1-4,6-9,22,25H,5,10-13H2,(H,23,24). The third kappa shape index (κ3) is 3.51. The maximum Gasteiger partial charge on any atom is 0.196 e. The normalized spacial score (nSPS) is 11.4. The number of aliphatic hydroxyl groups excluding tert-OH is 1. The molecule has 0 aliphatic carbocycles. The highest BCUT2D eigenvalue weighted by Crippen LogP contribution is 2.33. The van der Waals surface area contributed by atoms with Crippen LogP contribution in [0.15, 0.2) is 53.3 Å². The van der Waals surface area contributed by atoms with Crippen molar-refractivity contribution in [2.75, 3.05) is 31.6 Å². The second kappa shape index (κ2) is 8.00. The molecule has 0 atom stereocenters. The minimum absolute atomic E-state index is 0.0608. The Labute approximate surface area is 160 Å². The lowest BCUT2D eigenvalue weighted by Crippen LogP contribution is -2.21. The predicted molar refractivity (Wildman–Crippen MR) is 114 cm³/mol. The van der Waals surface area contributed by atoms with Crippen LogP contribution in [0.4, 0.5) is 5.82 Å². The molecule has 3 N–H and O–H groups in total. The van der Waals surface area contributed by atoms with Crippen LogP contribution in [0.5, 0.6) is 0 Å². The summed E-state index contributed by atoms with van der Waals surface area (Å²) in [6, 6.07) is 15.5. The van der Waals surface area contributed by atoms with Crippen LogP contribution in [-0.2, 0) is 0 Å². The molecule has 5 nitrogen and oxygen atoms in total. The first-order valence-electron chi connectivity index (χ1n) is 9.09. The molecule has 0 aliphatic heterocycles. The van der Waals surface area contributed by atoms with Crippen LogP contribution in [-0.4, -0.2) is 36.3 Å². The van der Waals surface area contributed by atoms with Gasteiger partial charge < -0.3 is 15.7 Å². The van der Waals surface area contributed by atoms with Crippen molar-refractivity contribution in [3.63, 3.8) is 0 Å². The van der Waals surface area contributed by atoms with E-state index in [2.05, 4.69) is 10.6 Å². The van der Waals surface area contributed by atoms with Crippen molar-refractivity contribution in [1.29, 1.82) is 0 Å². The fraction of sp³-hybridized carbons (Fsp3) is 0.238. The van der Waals surface area contributed by atoms with Gasteiger partial charge in [-0.1, -0.05) is 30.3 Å². The largest absolute Gasteiger partial charge is 0.395 e. The monoisotopic (exact) mass is 379 g/mol. The van der Waals surface area contributed by atoms with E-state index in [1.54, 1.807) is 11.3 Å². The van der Waals surface area contributed by atoms with Gasteiger partial charge in [0, 0.05) is 28.6 Å². The van der Waals surface area contributed by atoms with Crippen LogP contribution >= 0.6 is 11.3 Å². The Kier molecular flexibility index (Phi) is 5.29. The number of para-hydroxylation sites is 1. The molecule has 0 saturated heterocycles. The van der Waals surface area contributed by atoms with Gasteiger partial charge >= 0.3 is 0 Å². The van der Waals surface area contributed by atoms with Gasteiger partial charge in [0.05, 0.1) is 22.2 Å². The molecule has 0 spiro atoms. The molecule has 2 aromatic carbocycles. The van der Waals surface area contributed by atoms with Gasteiger partial charge in [-0.05, 0) is 31.2 Å². The highest BCUT2D eigenvalue weighted by molar-refractivity contribution is 7.25. The van der Waals surface area contributed by atoms with E-state index < -0.39 is 0 Å². The van der Waals surface area contributed by atoms with Gasteiger partial charge in [-0.2, -0.15) is 0 Å². The number of hydrogen-bond donors (Lipinski definition) is 3. The third-order valence-corrected chi connectivity index (χ3v) is 5.71. The van der Waals surface area contributed by atoms with Crippen LogP contribution in [0, 0.1) is 0 Å². The third-order valence-electron chi connectivity index (χ3n) is 4.53. The van der Waals surface area contributed by atoms with E-state index in [-0.39, 0.29) is 12.0 Å². The number of aliphatic hydroxyl groups is 1. The maximum atomic E-state index is 13.2. The van der Waals surface area contributed by atoms with E-state index in [0.717, 1.165) is 56.4 Å². The van der Waals surface area contributed by atoms with Crippen molar-refractivity contribution < 1.29 is 5.11 Å². The number of anilines is 1. The molecule has 6 heteroatoms. The van der Waals surface area contributed by atoms with Gasteiger partial charge in [-0.25, -0.2) is 4.98 Å². The molecular weight excluding hydrogens is 358 g/mol. The summed E-state index contributed by atoms with van der Waals surface area (Å²) in [5.41, 5.74) is 0.885. The number of hydrogen-bond acceptors (Lipinski definition) is 6. The second-order valence-corrected chi connectivity index (χ2v) is 7.42. The minimum Gasteiger partial charge on any atom is -0.395 e. The Morgan fingerprint density at radius 2 is 1.74 bits per heavy atom. The zero-order valence-electron chi connectivity index (χ0n) is 14.9. The average molecular weight is 379 g/mol. The molecule has 138 valence electrons. The molecule has 0 saturated carbocycles. The molecule has 0 radical (unpaired) electrons. The first-order valence-corrected chi connectivity index (χ1v) is 9.91. The van der Waals surface area contributed by atoms with Crippen LogP contribution in [0.1, 0.15) is 6.42 Å². The molecular formula is C21H21N3O2S. The first kappa shape index (κ1) is 17.9. The fourth-order valence-corrected chi connectivity index (χ4v) is 4.41. The van der Waals surface area contributed by atoms with Crippen LogP contribution in [0.25, 0.3) is 31.1 Å². The van der Waals surface area contributed by atoms with Gasteiger partial charge in [-0.3, -0.25) is 4.79 Å². The summed E-state index contributed by atoms with van der Waals surface area (Å²) in [4.78, 5) is 18.0. The number of pyridine rings is 1. The van der Waals surface area contributed by atoms with Crippen LogP contribution in [0.3, 0.4) is 0 Å². The molecule has 2 heterocycles. The van der Waals surface area contributed by atoms with E-state index in [1.807, 2.05) is 48.5 Å². The van der Waals surface area contributed by atoms with E-state index in [0.29, 0.717) is 6.54 Å². The Balaban J connectivity index is 1.81. The van der Waals surface area contributed by atoms with E-state index >= 15 is 0 Å². The van der Waals surface area contributed by atoms with Crippen molar-refractivity contribution in [3.8, 4) is 0 Å². The summed E-state index contributed by atoms with van der Waals surface area (Å²) in [5, 5.41) is 17.8. The van der Waals surface area contributed by atoms with E-state index in [1.165, 1.54) is 0 Å². The smallest absolute Gasteiger partial charge is 0.196 e. The summed E-state index contributed by atoms with van der Waals surface area (Å²) in [6.45, 7) is 2.31. The van der Waals surface area contributed by atoms with Crippen molar-refractivity contribution in [2.24, 2.45) is 0 Å². The molecule has 4 rings (SSSR count). The van der Waals surface area contributed by atoms with Gasteiger partial charge in [-0.15, -0.1) is 11.3 Å². The molecule has 4 aromatic rings. The Morgan fingerprint density at radius 3 is 2.59 bits per heavy atom. The molecule has 27 heavy (non-hydrogen) atoms. The van der Waals surface area contributed by atoms with Crippen molar-refractivity contribution >= 4 is 48.2 Å². The van der Waals surface area contributed by atoms with E-state index in [4.69, 9.17) is 10.1 Å². The lowest BCUT2D eigenvalue weighted by molar-refractivity contribution is 0.292. The Bertz CT molecular complexity index is 1160. The van der Waals surface area contributed by atoms with Gasteiger partial charge in [0.1, 0.15) is 5.82 Å². The lowest BCUT2D eigenvalue weighted by atomic mass is 10.1. The van der Waals surface area contributed by atoms with Crippen molar-refractivity contribution in [2.45, 2.75) is 6.42 Å². The average Bonchev–Trinajstić information content (AvgIpc) is 2.70. The number of aromatic nitrogens is 1. The summed E-state index contributed by atoms with van der Waals surface area (Å²) in [5.74, 6) is 0.763. The van der Waals surface area contributed by atoms with Crippen molar-refractivity contribution in [1.82, 2.24) is 10.3 Å². The SMILES string of the molecule is O=c1c2ccccc2sc2c(NCCCNCCO)nc3ccccc3c12. The van der Waals surface area contributed by atoms with Gasteiger partial charge in [0.2, 0.25) is 0 Å². The minimum atomic E-state index is 0.0608. The number of nitrogens with zero attached hydrogens (tertiary/aromatic N) is 1. The molecule has 0 unspecified atom stereocenters. The maximum absolute atomic E-state index is 13.2. The van der Waals surface area contributed by atoms with Crippen LogP contribution < -0.4 is 16.1 Å². The highest BCUT2D eigenvalue weighted by Gasteiger charge is 2.14. The molecule has 0 bridgehead atoms. The Morgan fingerprint density at radius 1 is 0.963 bits per heavy atom. The number of nitrogens with one attached hydrogen (secondary N) is 2. The highest BCUT2D eigenvalue weighted by atomic mass is 32.1. The zero-order chi connectivity index (χ0) is 18.6. The molecule has 2 aromatic heterocycles. The molecule has 0 fully saturated rings. The second-order valence-electron chi connectivity index (χ2n) is 6.36. The Hall–Kier alpha value is -2.54. The van der Waals surface area contributed by atoms with Gasteiger partial charge in [0.25, 0.3) is 0 Å². The number of benzene rings is 2. The van der Waals surface area contributed by atoms with Gasteiger partial charge in [0.15, 0.2) is 5.43 Å². The summed E-state index contributed by atoms with van der Waals surface area (Å²) < 4.78 is 1.88. The number of rotatable bonds is 7. The summed E-state index contributed by atoms with van der Waals surface area (Å²) in [7, 11) is 0. The fourth-order valence-electron chi connectivity index (χ4n) is 3.25. The summed E-state index contributed by atoms with van der Waals surface area (Å²) in [6.07, 6.45) is 0.901. The zero-order valence-corrected chi connectivity index (χ0v) is 15.7. The molecule has 0 amide bonds.